The molecule has 2 heterocycles. The minimum Gasteiger partial charge on any atom is -0.307 e. The van der Waals surface area contributed by atoms with E-state index >= 15 is 0 Å². The van der Waals surface area contributed by atoms with Gasteiger partial charge in [0.25, 0.3) is 0 Å². The van der Waals surface area contributed by atoms with Crippen LogP contribution in [0.5, 0.6) is 0 Å². The largest absolute Gasteiger partial charge is 0.307 e. The van der Waals surface area contributed by atoms with Crippen LogP contribution in [0.25, 0.3) is 0 Å². The summed E-state index contributed by atoms with van der Waals surface area (Å²) in [5, 5.41) is 7.72. The van der Waals surface area contributed by atoms with E-state index in [1.54, 1.807) is 0 Å². The number of nitrogens with zero attached hydrogens (tertiary/aromatic N) is 3. The standard InChI is InChI=1S/C13H18N4/c1-11(12(2)17-9-5-8-16-17)15-10-13-6-3-4-7-14-13/h3-9,11-12,15H,10H2,1-2H3/t11-,12-/m1/s1. The van der Waals surface area contributed by atoms with Crippen LogP contribution in [0.1, 0.15) is 25.6 Å². The molecule has 4 nitrogen and oxygen atoms in total. The van der Waals surface area contributed by atoms with Gasteiger partial charge in [-0.15, -0.1) is 0 Å². The molecular formula is C13H18N4. The minimum atomic E-state index is 0.328. The van der Waals surface area contributed by atoms with Crippen LogP contribution in [-0.4, -0.2) is 20.8 Å². The lowest BCUT2D eigenvalue weighted by Gasteiger charge is -2.21. The van der Waals surface area contributed by atoms with Gasteiger partial charge in [0.1, 0.15) is 0 Å². The fraction of sp³-hybridized carbons (Fsp3) is 0.385. The van der Waals surface area contributed by atoms with E-state index in [0.717, 1.165) is 12.2 Å². The third-order valence-corrected chi connectivity index (χ3v) is 3.00. The second-order valence-electron chi connectivity index (χ2n) is 4.22. The average Bonchev–Trinajstić information content (AvgIpc) is 2.90. The van der Waals surface area contributed by atoms with E-state index in [2.05, 4.69) is 29.2 Å². The number of nitrogens with one attached hydrogen (secondary N) is 1. The topological polar surface area (TPSA) is 42.7 Å². The van der Waals surface area contributed by atoms with Crippen molar-refractivity contribution in [2.45, 2.75) is 32.5 Å². The number of aromatic nitrogens is 3. The Bertz CT molecular complexity index is 424. The highest BCUT2D eigenvalue weighted by Crippen LogP contribution is 2.09. The van der Waals surface area contributed by atoms with Gasteiger partial charge in [0, 0.05) is 31.2 Å². The van der Waals surface area contributed by atoms with Crippen LogP contribution in [-0.2, 0) is 6.54 Å². The molecule has 2 rings (SSSR count). The molecule has 17 heavy (non-hydrogen) atoms. The van der Waals surface area contributed by atoms with E-state index in [-0.39, 0.29) is 0 Å². The molecule has 0 bridgehead atoms. The lowest BCUT2D eigenvalue weighted by atomic mass is 10.1. The summed E-state index contributed by atoms with van der Waals surface area (Å²) < 4.78 is 1.97. The molecule has 90 valence electrons. The maximum Gasteiger partial charge on any atom is 0.0641 e. The van der Waals surface area contributed by atoms with Crippen molar-refractivity contribution in [1.82, 2.24) is 20.1 Å². The first-order valence-corrected chi connectivity index (χ1v) is 5.90. The van der Waals surface area contributed by atoms with Gasteiger partial charge in [0.15, 0.2) is 0 Å². The number of hydrogen-bond acceptors (Lipinski definition) is 3. The number of rotatable bonds is 5. The van der Waals surface area contributed by atoms with Crippen molar-refractivity contribution in [3.8, 4) is 0 Å². The Kier molecular flexibility index (Phi) is 3.88. The fourth-order valence-electron chi connectivity index (χ4n) is 1.69. The highest BCUT2D eigenvalue weighted by molar-refractivity contribution is 5.03. The van der Waals surface area contributed by atoms with Crippen LogP contribution in [0.3, 0.4) is 0 Å². The van der Waals surface area contributed by atoms with Crippen LogP contribution >= 0.6 is 0 Å². The van der Waals surface area contributed by atoms with Crippen LogP contribution in [0.4, 0.5) is 0 Å². The summed E-state index contributed by atoms with van der Waals surface area (Å²) in [6, 6.07) is 8.58. The third kappa shape index (κ3) is 3.14. The van der Waals surface area contributed by atoms with Crippen molar-refractivity contribution < 1.29 is 0 Å². The maximum absolute atomic E-state index is 4.29. The molecule has 0 aliphatic heterocycles. The molecule has 4 heteroatoms. The Balaban J connectivity index is 1.87. The van der Waals surface area contributed by atoms with Crippen LogP contribution in [0.15, 0.2) is 42.9 Å². The Hall–Kier alpha value is -1.68. The molecule has 0 amide bonds. The minimum absolute atomic E-state index is 0.328. The quantitative estimate of drug-likeness (QED) is 0.854. The predicted octanol–water partition coefficient (Wildman–Crippen LogP) is 2.02. The molecule has 0 fully saturated rings. The molecule has 0 saturated carbocycles. The van der Waals surface area contributed by atoms with E-state index in [0.29, 0.717) is 12.1 Å². The first-order chi connectivity index (χ1) is 8.27. The van der Waals surface area contributed by atoms with Crippen molar-refractivity contribution in [2.75, 3.05) is 0 Å². The zero-order valence-electron chi connectivity index (χ0n) is 10.2. The fourth-order valence-corrected chi connectivity index (χ4v) is 1.69. The van der Waals surface area contributed by atoms with Gasteiger partial charge in [-0.2, -0.15) is 5.10 Å². The van der Waals surface area contributed by atoms with Gasteiger partial charge < -0.3 is 5.32 Å². The Morgan fingerprint density at radius 2 is 2.12 bits per heavy atom. The smallest absolute Gasteiger partial charge is 0.0641 e. The summed E-state index contributed by atoms with van der Waals surface area (Å²) in [5.74, 6) is 0. The molecule has 0 radical (unpaired) electrons. The monoisotopic (exact) mass is 230 g/mol. The van der Waals surface area contributed by atoms with Crippen LogP contribution < -0.4 is 5.32 Å². The molecule has 2 atom stereocenters. The SMILES string of the molecule is C[C@H]([C@@H](C)NCc1ccccn1)n1cccn1. The molecule has 1 N–H and O–H groups in total. The highest BCUT2D eigenvalue weighted by Gasteiger charge is 2.13. The van der Waals surface area contributed by atoms with Crippen molar-refractivity contribution in [1.29, 1.82) is 0 Å². The summed E-state index contributed by atoms with van der Waals surface area (Å²) in [4.78, 5) is 4.29. The van der Waals surface area contributed by atoms with Gasteiger partial charge in [-0.3, -0.25) is 9.67 Å². The first-order valence-electron chi connectivity index (χ1n) is 5.90. The molecule has 0 saturated heterocycles. The predicted molar refractivity (Wildman–Crippen MR) is 67.5 cm³/mol. The van der Waals surface area contributed by atoms with Gasteiger partial charge in [-0.1, -0.05) is 6.07 Å². The second-order valence-corrected chi connectivity index (χ2v) is 4.22. The van der Waals surface area contributed by atoms with Crippen LogP contribution in [0.2, 0.25) is 0 Å². The van der Waals surface area contributed by atoms with E-state index in [4.69, 9.17) is 0 Å². The molecule has 0 aromatic carbocycles. The normalized spacial score (nSPS) is 14.5. The maximum atomic E-state index is 4.29. The van der Waals surface area contributed by atoms with E-state index in [9.17, 15) is 0 Å². The lowest BCUT2D eigenvalue weighted by molar-refractivity contribution is 0.364. The molecule has 0 spiro atoms. The van der Waals surface area contributed by atoms with Gasteiger partial charge in [-0.25, -0.2) is 0 Å². The van der Waals surface area contributed by atoms with Gasteiger partial charge >= 0.3 is 0 Å². The Morgan fingerprint density at radius 3 is 2.76 bits per heavy atom. The van der Waals surface area contributed by atoms with Crippen molar-refractivity contribution >= 4 is 0 Å². The van der Waals surface area contributed by atoms with E-state index < -0.39 is 0 Å². The Morgan fingerprint density at radius 1 is 1.24 bits per heavy atom. The zero-order valence-corrected chi connectivity index (χ0v) is 10.2. The molecule has 0 unspecified atom stereocenters. The summed E-state index contributed by atoms with van der Waals surface area (Å²) >= 11 is 0. The van der Waals surface area contributed by atoms with Crippen LogP contribution in [0, 0.1) is 0 Å². The van der Waals surface area contributed by atoms with Crippen molar-refractivity contribution in [3.63, 3.8) is 0 Å². The van der Waals surface area contributed by atoms with Crippen molar-refractivity contribution in [3.05, 3.63) is 48.5 Å². The summed E-state index contributed by atoms with van der Waals surface area (Å²) in [6.07, 6.45) is 5.62. The van der Waals surface area contributed by atoms with Gasteiger partial charge in [0.2, 0.25) is 0 Å². The molecule has 0 aliphatic rings. The number of hydrogen-bond donors (Lipinski definition) is 1. The molecular weight excluding hydrogens is 212 g/mol. The summed E-state index contributed by atoms with van der Waals surface area (Å²) in [6.45, 7) is 5.10. The van der Waals surface area contributed by atoms with E-state index in [1.807, 2.05) is 47.5 Å². The molecule has 2 aromatic heterocycles. The number of pyridine rings is 1. The summed E-state index contributed by atoms with van der Waals surface area (Å²) in [5.41, 5.74) is 1.06. The lowest BCUT2D eigenvalue weighted by Crippen LogP contribution is -2.33. The van der Waals surface area contributed by atoms with Gasteiger partial charge in [-0.05, 0) is 32.0 Å². The zero-order chi connectivity index (χ0) is 12.1. The van der Waals surface area contributed by atoms with E-state index in [1.165, 1.54) is 0 Å². The highest BCUT2D eigenvalue weighted by atomic mass is 15.3. The molecule has 2 aromatic rings. The second kappa shape index (κ2) is 5.59. The average molecular weight is 230 g/mol. The molecule has 0 aliphatic carbocycles. The van der Waals surface area contributed by atoms with Gasteiger partial charge in [0.05, 0.1) is 11.7 Å². The Labute approximate surface area is 102 Å². The first kappa shape index (κ1) is 11.8. The third-order valence-electron chi connectivity index (χ3n) is 3.00. The summed E-state index contributed by atoms with van der Waals surface area (Å²) in [7, 11) is 0. The van der Waals surface area contributed by atoms with Crippen molar-refractivity contribution in [2.24, 2.45) is 0 Å².